The normalized spacial score (nSPS) is 12.8. The van der Waals surface area contributed by atoms with E-state index in [2.05, 4.69) is 10.3 Å². The van der Waals surface area contributed by atoms with E-state index in [0.717, 1.165) is 28.0 Å². The van der Waals surface area contributed by atoms with Gasteiger partial charge in [-0.15, -0.1) is 11.3 Å². The SMILES string of the molecule is NCc1csc(Nc2ccc3c(c2)OCO3)n1. The second kappa shape index (κ2) is 4.23. The minimum atomic E-state index is 0.285. The average molecular weight is 249 g/mol. The molecule has 0 aliphatic carbocycles. The monoisotopic (exact) mass is 249 g/mol. The standard InChI is InChI=1S/C11H11N3O2S/c12-4-8-5-17-11(14-8)13-7-1-2-9-10(3-7)16-6-15-9/h1-3,5H,4,6,12H2,(H,13,14). The van der Waals surface area contributed by atoms with Crippen molar-refractivity contribution in [3.63, 3.8) is 0 Å². The summed E-state index contributed by atoms with van der Waals surface area (Å²) in [5, 5.41) is 5.97. The summed E-state index contributed by atoms with van der Waals surface area (Å²) in [6.45, 7) is 0.743. The van der Waals surface area contributed by atoms with E-state index in [4.69, 9.17) is 15.2 Å². The van der Waals surface area contributed by atoms with Crippen molar-refractivity contribution in [3.05, 3.63) is 29.3 Å². The number of nitrogens with zero attached hydrogens (tertiary/aromatic N) is 1. The Bertz CT molecular complexity index is 541. The molecule has 3 rings (SSSR count). The zero-order chi connectivity index (χ0) is 11.7. The maximum atomic E-state index is 5.51. The number of hydrogen-bond acceptors (Lipinski definition) is 6. The van der Waals surface area contributed by atoms with Gasteiger partial charge in [0.05, 0.1) is 5.69 Å². The Labute approximate surface area is 102 Å². The van der Waals surface area contributed by atoms with Gasteiger partial charge in [-0.05, 0) is 12.1 Å². The summed E-state index contributed by atoms with van der Waals surface area (Å²) in [6, 6.07) is 5.70. The van der Waals surface area contributed by atoms with Crippen LogP contribution in [-0.4, -0.2) is 11.8 Å². The largest absolute Gasteiger partial charge is 0.454 e. The highest BCUT2D eigenvalue weighted by Gasteiger charge is 2.13. The highest BCUT2D eigenvalue weighted by Crippen LogP contribution is 2.35. The van der Waals surface area contributed by atoms with Crippen LogP contribution in [0.4, 0.5) is 10.8 Å². The first-order chi connectivity index (χ1) is 8.35. The molecule has 88 valence electrons. The van der Waals surface area contributed by atoms with Crippen molar-refractivity contribution in [3.8, 4) is 11.5 Å². The summed E-state index contributed by atoms with van der Waals surface area (Å²) < 4.78 is 10.5. The Hall–Kier alpha value is -1.79. The zero-order valence-electron chi connectivity index (χ0n) is 8.97. The molecule has 1 aromatic carbocycles. The fourth-order valence-corrected chi connectivity index (χ4v) is 2.30. The molecule has 0 unspecified atom stereocenters. The number of rotatable bonds is 3. The first-order valence-electron chi connectivity index (χ1n) is 5.16. The molecular weight excluding hydrogens is 238 g/mol. The fourth-order valence-electron chi connectivity index (χ4n) is 1.56. The van der Waals surface area contributed by atoms with E-state index in [1.54, 1.807) is 0 Å². The molecule has 0 spiro atoms. The highest BCUT2D eigenvalue weighted by atomic mass is 32.1. The van der Waals surface area contributed by atoms with Gasteiger partial charge < -0.3 is 20.5 Å². The number of nitrogens with two attached hydrogens (primary N) is 1. The van der Waals surface area contributed by atoms with Crippen molar-refractivity contribution in [2.75, 3.05) is 12.1 Å². The third-order valence-corrected chi connectivity index (χ3v) is 3.19. The Morgan fingerprint density at radius 1 is 1.35 bits per heavy atom. The number of fused-ring (bicyclic) bond motifs is 1. The lowest BCUT2D eigenvalue weighted by molar-refractivity contribution is 0.174. The Kier molecular flexibility index (Phi) is 2.58. The molecule has 2 heterocycles. The number of thiazole rings is 1. The van der Waals surface area contributed by atoms with E-state index in [1.165, 1.54) is 11.3 Å². The van der Waals surface area contributed by atoms with E-state index in [1.807, 2.05) is 23.6 Å². The summed E-state index contributed by atoms with van der Waals surface area (Å²) in [4.78, 5) is 4.33. The summed E-state index contributed by atoms with van der Waals surface area (Å²) in [6.07, 6.45) is 0. The van der Waals surface area contributed by atoms with Gasteiger partial charge in [0.15, 0.2) is 16.6 Å². The molecule has 0 radical (unpaired) electrons. The smallest absolute Gasteiger partial charge is 0.231 e. The first kappa shape index (κ1) is 10.4. The summed E-state index contributed by atoms with van der Waals surface area (Å²) in [5.41, 5.74) is 7.32. The molecular formula is C11H11N3O2S. The minimum Gasteiger partial charge on any atom is -0.454 e. The molecule has 0 saturated heterocycles. The minimum absolute atomic E-state index is 0.285. The molecule has 3 N–H and O–H groups in total. The van der Waals surface area contributed by atoms with Crippen LogP contribution in [0, 0.1) is 0 Å². The summed E-state index contributed by atoms with van der Waals surface area (Å²) in [5.74, 6) is 1.53. The second-order valence-electron chi connectivity index (χ2n) is 3.54. The Morgan fingerprint density at radius 2 is 2.24 bits per heavy atom. The predicted octanol–water partition coefficient (Wildman–Crippen LogP) is 2.07. The quantitative estimate of drug-likeness (QED) is 0.871. The molecule has 6 heteroatoms. The van der Waals surface area contributed by atoms with Crippen LogP contribution in [0.5, 0.6) is 11.5 Å². The van der Waals surface area contributed by atoms with Gasteiger partial charge in [-0.2, -0.15) is 0 Å². The number of nitrogens with one attached hydrogen (secondary N) is 1. The number of ether oxygens (including phenoxy) is 2. The molecule has 0 amide bonds. The predicted molar refractivity (Wildman–Crippen MR) is 65.9 cm³/mol. The lowest BCUT2D eigenvalue weighted by Gasteiger charge is -2.03. The van der Waals surface area contributed by atoms with E-state index in [0.29, 0.717) is 6.54 Å². The molecule has 1 aromatic heterocycles. The van der Waals surface area contributed by atoms with Crippen LogP contribution in [0.1, 0.15) is 5.69 Å². The molecule has 0 saturated carbocycles. The third-order valence-electron chi connectivity index (χ3n) is 2.38. The van der Waals surface area contributed by atoms with Gasteiger partial charge in [0, 0.05) is 23.7 Å². The zero-order valence-corrected chi connectivity index (χ0v) is 9.79. The van der Waals surface area contributed by atoms with E-state index < -0.39 is 0 Å². The molecule has 17 heavy (non-hydrogen) atoms. The van der Waals surface area contributed by atoms with Gasteiger partial charge in [0.1, 0.15) is 0 Å². The van der Waals surface area contributed by atoms with Gasteiger partial charge in [-0.3, -0.25) is 0 Å². The highest BCUT2D eigenvalue weighted by molar-refractivity contribution is 7.13. The molecule has 0 fully saturated rings. The van der Waals surface area contributed by atoms with Crippen LogP contribution in [0.3, 0.4) is 0 Å². The van der Waals surface area contributed by atoms with Crippen molar-refractivity contribution >= 4 is 22.2 Å². The maximum absolute atomic E-state index is 5.51. The van der Waals surface area contributed by atoms with Crippen LogP contribution in [0.2, 0.25) is 0 Å². The van der Waals surface area contributed by atoms with Gasteiger partial charge in [0.2, 0.25) is 6.79 Å². The topological polar surface area (TPSA) is 69.4 Å². The van der Waals surface area contributed by atoms with Crippen LogP contribution in [-0.2, 0) is 6.54 Å². The van der Waals surface area contributed by atoms with Crippen molar-refractivity contribution in [2.45, 2.75) is 6.54 Å². The average Bonchev–Trinajstić information content (AvgIpc) is 2.96. The van der Waals surface area contributed by atoms with Crippen molar-refractivity contribution < 1.29 is 9.47 Å². The van der Waals surface area contributed by atoms with Crippen LogP contribution >= 0.6 is 11.3 Å². The fraction of sp³-hybridized carbons (Fsp3) is 0.182. The lowest BCUT2D eigenvalue weighted by Crippen LogP contribution is -1.96. The van der Waals surface area contributed by atoms with Gasteiger partial charge in [-0.1, -0.05) is 0 Å². The number of benzene rings is 1. The van der Waals surface area contributed by atoms with Gasteiger partial charge >= 0.3 is 0 Å². The van der Waals surface area contributed by atoms with Crippen molar-refractivity contribution in [1.29, 1.82) is 0 Å². The van der Waals surface area contributed by atoms with Gasteiger partial charge in [0.25, 0.3) is 0 Å². The Morgan fingerprint density at radius 3 is 3.06 bits per heavy atom. The molecule has 5 nitrogen and oxygen atoms in total. The van der Waals surface area contributed by atoms with Crippen LogP contribution in [0.25, 0.3) is 0 Å². The molecule has 2 aromatic rings. The number of anilines is 2. The molecule has 1 aliphatic rings. The van der Waals surface area contributed by atoms with Crippen LogP contribution in [0.15, 0.2) is 23.6 Å². The molecule has 1 aliphatic heterocycles. The lowest BCUT2D eigenvalue weighted by atomic mass is 10.3. The van der Waals surface area contributed by atoms with Crippen molar-refractivity contribution in [1.82, 2.24) is 4.98 Å². The maximum Gasteiger partial charge on any atom is 0.231 e. The summed E-state index contributed by atoms with van der Waals surface area (Å²) >= 11 is 1.53. The van der Waals surface area contributed by atoms with E-state index in [-0.39, 0.29) is 6.79 Å². The molecule has 0 bridgehead atoms. The van der Waals surface area contributed by atoms with Crippen molar-refractivity contribution in [2.24, 2.45) is 5.73 Å². The van der Waals surface area contributed by atoms with E-state index in [9.17, 15) is 0 Å². The molecule has 0 atom stereocenters. The van der Waals surface area contributed by atoms with Crippen LogP contribution < -0.4 is 20.5 Å². The summed E-state index contributed by atoms with van der Waals surface area (Å²) in [7, 11) is 0. The first-order valence-corrected chi connectivity index (χ1v) is 6.04. The van der Waals surface area contributed by atoms with Gasteiger partial charge in [-0.25, -0.2) is 4.98 Å². The third kappa shape index (κ3) is 2.04. The number of aromatic nitrogens is 1. The second-order valence-corrected chi connectivity index (χ2v) is 4.40. The Balaban J connectivity index is 1.80. The number of hydrogen-bond donors (Lipinski definition) is 2. The van der Waals surface area contributed by atoms with E-state index >= 15 is 0 Å².